The van der Waals surface area contributed by atoms with Crippen molar-refractivity contribution in [2.24, 2.45) is 0 Å². The molecule has 0 unspecified atom stereocenters. The standard InChI is InChI=1S/C11H12BrN/c1-8-5-4-6-9(10(8)12)11(2,3)7-13/h4-6H,1-3H3. The first kappa shape index (κ1) is 10.3. The lowest BCUT2D eigenvalue weighted by molar-refractivity contribution is 0.682. The van der Waals surface area contributed by atoms with Crippen molar-refractivity contribution in [1.29, 1.82) is 5.26 Å². The monoisotopic (exact) mass is 237 g/mol. The van der Waals surface area contributed by atoms with E-state index in [1.54, 1.807) is 0 Å². The maximum Gasteiger partial charge on any atom is 0.0777 e. The fraction of sp³-hybridized carbons (Fsp3) is 0.364. The Labute approximate surface area is 87.5 Å². The first-order chi connectivity index (χ1) is 5.99. The molecule has 0 N–H and O–H groups in total. The maximum absolute atomic E-state index is 8.99. The SMILES string of the molecule is Cc1cccc(C(C)(C)C#N)c1Br. The van der Waals surface area contributed by atoms with E-state index < -0.39 is 5.41 Å². The number of aryl methyl sites for hydroxylation is 1. The van der Waals surface area contributed by atoms with Crippen LogP contribution < -0.4 is 0 Å². The molecular weight excluding hydrogens is 226 g/mol. The largest absolute Gasteiger partial charge is 0.197 e. The van der Waals surface area contributed by atoms with Crippen molar-refractivity contribution in [2.75, 3.05) is 0 Å². The van der Waals surface area contributed by atoms with Crippen molar-refractivity contribution in [2.45, 2.75) is 26.2 Å². The lowest BCUT2D eigenvalue weighted by atomic mass is 9.86. The minimum absolute atomic E-state index is 0.426. The maximum atomic E-state index is 8.99. The molecule has 0 aliphatic heterocycles. The fourth-order valence-corrected chi connectivity index (χ4v) is 1.95. The van der Waals surface area contributed by atoms with Gasteiger partial charge < -0.3 is 0 Å². The van der Waals surface area contributed by atoms with E-state index in [-0.39, 0.29) is 0 Å². The fourth-order valence-electron chi connectivity index (χ4n) is 1.19. The number of halogens is 1. The van der Waals surface area contributed by atoms with E-state index in [9.17, 15) is 0 Å². The van der Waals surface area contributed by atoms with Gasteiger partial charge >= 0.3 is 0 Å². The summed E-state index contributed by atoms with van der Waals surface area (Å²) in [6.07, 6.45) is 0. The van der Waals surface area contributed by atoms with E-state index in [4.69, 9.17) is 5.26 Å². The van der Waals surface area contributed by atoms with Crippen molar-refractivity contribution < 1.29 is 0 Å². The van der Waals surface area contributed by atoms with Crippen LogP contribution in [0.3, 0.4) is 0 Å². The second-order valence-electron chi connectivity index (χ2n) is 3.67. The first-order valence-electron chi connectivity index (χ1n) is 4.16. The number of nitriles is 1. The van der Waals surface area contributed by atoms with Gasteiger partial charge in [0.15, 0.2) is 0 Å². The molecule has 13 heavy (non-hydrogen) atoms. The lowest BCUT2D eigenvalue weighted by Crippen LogP contribution is -2.14. The van der Waals surface area contributed by atoms with Gasteiger partial charge in [-0.1, -0.05) is 34.1 Å². The highest BCUT2D eigenvalue weighted by atomic mass is 79.9. The molecule has 0 fully saturated rings. The Hall–Kier alpha value is -0.810. The summed E-state index contributed by atoms with van der Waals surface area (Å²) < 4.78 is 1.04. The quantitative estimate of drug-likeness (QED) is 0.733. The van der Waals surface area contributed by atoms with Crippen LogP contribution in [0.4, 0.5) is 0 Å². The zero-order valence-electron chi connectivity index (χ0n) is 8.06. The number of hydrogen-bond donors (Lipinski definition) is 0. The van der Waals surface area contributed by atoms with Crippen molar-refractivity contribution in [3.05, 3.63) is 33.8 Å². The van der Waals surface area contributed by atoms with Crippen LogP contribution in [0.2, 0.25) is 0 Å². The molecule has 1 nitrogen and oxygen atoms in total. The molecule has 0 spiro atoms. The van der Waals surface area contributed by atoms with Crippen LogP contribution in [-0.2, 0) is 5.41 Å². The van der Waals surface area contributed by atoms with Gasteiger partial charge in [0.25, 0.3) is 0 Å². The molecule has 0 aliphatic rings. The van der Waals surface area contributed by atoms with E-state index in [2.05, 4.69) is 22.0 Å². The first-order valence-corrected chi connectivity index (χ1v) is 4.95. The summed E-state index contributed by atoms with van der Waals surface area (Å²) >= 11 is 3.51. The number of hydrogen-bond acceptors (Lipinski definition) is 1. The Bertz CT molecular complexity index is 361. The predicted molar refractivity (Wildman–Crippen MR) is 57.5 cm³/mol. The Morgan fingerprint density at radius 2 is 2.00 bits per heavy atom. The lowest BCUT2D eigenvalue weighted by Gasteiger charge is -2.18. The highest BCUT2D eigenvalue weighted by molar-refractivity contribution is 9.10. The summed E-state index contributed by atoms with van der Waals surface area (Å²) in [5.41, 5.74) is 1.79. The van der Waals surface area contributed by atoms with Crippen LogP contribution in [0.5, 0.6) is 0 Å². The summed E-state index contributed by atoms with van der Waals surface area (Å²) in [6.45, 7) is 5.88. The molecule has 1 aromatic rings. The van der Waals surface area contributed by atoms with Gasteiger partial charge in [0.1, 0.15) is 0 Å². The normalized spacial score (nSPS) is 11.0. The second kappa shape index (κ2) is 3.51. The van der Waals surface area contributed by atoms with Crippen molar-refractivity contribution in [1.82, 2.24) is 0 Å². The van der Waals surface area contributed by atoms with E-state index in [0.29, 0.717) is 0 Å². The summed E-state index contributed by atoms with van der Waals surface area (Å²) in [6, 6.07) is 8.29. The Morgan fingerprint density at radius 3 is 2.54 bits per heavy atom. The third-order valence-corrected chi connectivity index (χ3v) is 3.20. The third kappa shape index (κ3) is 1.92. The van der Waals surface area contributed by atoms with Crippen LogP contribution in [0.1, 0.15) is 25.0 Å². The topological polar surface area (TPSA) is 23.8 Å². The molecule has 0 atom stereocenters. The molecule has 0 saturated carbocycles. The zero-order valence-corrected chi connectivity index (χ0v) is 9.64. The highest BCUT2D eigenvalue weighted by Gasteiger charge is 2.22. The molecule has 0 aromatic heterocycles. The van der Waals surface area contributed by atoms with Gasteiger partial charge in [-0.15, -0.1) is 0 Å². The Balaban J connectivity index is 3.33. The van der Waals surface area contributed by atoms with E-state index in [0.717, 1.165) is 10.0 Å². The van der Waals surface area contributed by atoms with Crippen molar-refractivity contribution >= 4 is 15.9 Å². The van der Waals surface area contributed by atoms with Crippen molar-refractivity contribution in [3.8, 4) is 6.07 Å². The number of benzene rings is 1. The Morgan fingerprint density at radius 1 is 1.38 bits per heavy atom. The van der Waals surface area contributed by atoms with Crippen LogP contribution in [0.25, 0.3) is 0 Å². The molecule has 0 bridgehead atoms. The van der Waals surface area contributed by atoms with Gasteiger partial charge in [0, 0.05) is 4.47 Å². The highest BCUT2D eigenvalue weighted by Crippen LogP contribution is 2.31. The minimum Gasteiger partial charge on any atom is -0.197 e. The van der Waals surface area contributed by atoms with Gasteiger partial charge in [-0.25, -0.2) is 0 Å². The van der Waals surface area contributed by atoms with Crippen LogP contribution in [-0.4, -0.2) is 0 Å². The molecule has 0 heterocycles. The molecule has 2 heteroatoms. The summed E-state index contributed by atoms with van der Waals surface area (Å²) in [4.78, 5) is 0. The smallest absolute Gasteiger partial charge is 0.0777 e. The van der Waals surface area contributed by atoms with Crippen LogP contribution in [0, 0.1) is 18.3 Å². The molecule has 1 aromatic carbocycles. The van der Waals surface area contributed by atoms with E-state index in [1.165, 1.54) is 5.56 Å². The number of rotatable bonds is 1. The molecule has 0 radical (unpaired) electrons. The van der Waals surface area contributed by atoms with Crippen LogP contribution >= 0.6 is 15.9 Å². The predicted octanol–water partition coefficient (Wildman–Crippen LogP) is 3.56. The summed E-state index contributed by atoms with van der Waals surface area (Å²) in [5, 5.41) is 8.99. The van der Waals surface area contributed by atoms with E-state index in [1.807, 2.05) is 39.0 Å². The zero-order chi connectivity index (χ0) is 10.1. The summed E-state index contributed by atoms with van der Waals surface area (Å²) in [5.74, 6) is 0. The molecular formula is C11H12BrN. The number of nitrogens with zero attached hydrogens (tertiary/aromatic N) is 1. The average Bonchev–Trinajstić information content (AvgIpc) is 2.09. The second-order valence-corrected chi connectivity index (χ2v) is 4.47. The molecule has 0 aliphatic carbocycles. The van der Waals surface area contributed by atoms with E-state index >= 15 is 0 Å². The third-order valence-electron chi connectivity index (χ3n) is 2.14. The molecule has 0 saturated heterocycles. The van der Waals surface area contributed by atoms with Gasteiger partial charge in [0.05, 0.1) is 11.5 Å². The average molecular weight is 238 g/mol. The van der Waals surface area contributed by atoms with Gasteiger partial charge in [-0.05, 0) is 31.9 Å². The molecule has 68 valence electrons. The molecule has 0 amide bonds. The summed E-state index contributed by atoms with van der Waals surface area (Å²) in [7, 11) is 0. The van der Waals surface area contributed by atoms with Crippen molar-refractivity contribution in [3.63, 3.8) is 0 Å². The van der Waals surface area contributed by atoms with Crippen LogP contribution in [0.15, 0.2) is 22.7 Å². The van der Waals surface area contributed by atoms with Gasteiger partial charge in [0.2, 0.25) is 0 Å². The minimum atomic E-state index is -0.426. The Kier molecular flexibility index (Phi) is 2.77. The molecule has 1 rings (SSSR count). The van der Waals surface area contributed by atoms with Gasteiger partial charge in [-0.3, -0.25) is 0 Å². The van der Waals surface area contributed by atoms with Gasteiger partial charge in [-0.2, -0.15) is 5.26 Å².